The minimum Gasteiger partial charge on any atom is -0.497 e. The van der Waals surface area contributed by atoms with E-state index in [1.807, 2.05) is 61.1 Å². The van der Waals surface area contributed by atoms with Crippen molar-refractivity contribution in [1.29, 1.82) is 0 Å². The minimum atomic E-state index is -0.118. The van der Waals surface area contributed by atoms with Crippen LogP contribution in [0.4, 0.5) is 0 Å². The number of nitrogens with zero attached hydrogens (tertiary/aromatic N) is 2. The lowest BCUT2D eigenvalue weighted by Crippen LogP contribution is -2.20. The third kappa shape index (κ3) is 2.89. The van der Waals surface area contributed by atoms with Gasteiger partial charge in [0.25, 0.3) is 5.56 Å². The summed E-state index contributed by atoms with van der Waals surface area (Å²) in [5, 5.41) is 0. The monoisotopic (exact) mass is 374 g/mol. The summed E-state index contributed by atoms with van der Waals surface area (Å²) in [7, 11) is 3.48. The predicted octanol–water partition coefficient (Wildman–Crippen LogP) is 3.71. The number of methoxy groups -OCH3 is 1. The summed E-state index contributed by atoms with van der Waals surface area (Å²) < 4.78 is 8.72. The molecule has 3 aromatic rings. The average molecular weight is 374 g/mol. The summed E-state index contributed by atoms with van der Waals surface area (Å²) in [4.78, 5) is 26.1. The van der Waals surface area contributed by atoms with Crippen LogP contribution in [0.1, 0.15) is 33.6 Å². The van der Waals surface area contributed by atoms with E-state index in [4.69, 9.17) is 4.74 Å². The van der Waals surface area contributed by atoms with Crippen molar-refractivity contribution in [2.45, 2.75) is 19.8 Å². The maximum absolute atomic E-state index is 13.1. The van der Waals surface area contributed by atoms with Crippen LogP contribution >= 0.6 is 0 Å². The Kier molecular flexibility index (Phi) is 4.51. The Labute approximate surface area is 163 Å². The molecule has 0 atom stereocenters. The number of benzene rings is 2. The average Bonchev–Trinajstić information content (AvgIpc) is 2.93. The van der Waals surface area contributed by atoms with Crippen molar-refractivity contribution in [1.82, 2.24) is 9.36 Å². The second kappa shape index (κ2) is 7.00. The number of para-hydroxylation sites is 1. The fourth-order valence-electron chi connectivity index (χ4n) is 3.75. The van der Waals surface area contributed by atoms with Crippen molar-refractivity contribution in [3.8, 4) is 11.4 Å². The van der Waals surface area contributed by atoms with Crippen LogP contribution in [-0.2, 0) is 13.5 Å². The Balaban J connectivity index is 1.78. The molecule has 5 heteroatoms. The van der Waals surface area contributed by atoms with Crippen LogP contribution in [-0.4, -0.2) is 22.3 Å². The van der Waals surface area contributed by atoms with E-state index in [0.29, 0.717) is 23.1 Å². The fraction of sp³-hybridized carbons (Fsp3) is 0.217. The molecule has 142 valence electrons. The van der Waals surface area contributed by atoms with Gasteiger partial charge in [0.1, 0.15) is 5.75 Å². The molecule has 1 heterocycles. The standard InChI is InChI=1S/C23H22N2O3/c1-15-21(23(27)25(24(15)2)18-7-5-4-6-8-18)14-17-10-9-16-13-19(28-3)11-12-20(16)22(17)26/h4-8,11-14H,9-10H2,1-3H3. The summed E-state index contributed by atoms with van der Waals surface area (Å²) in [5.74, 6) is 0.737. The molecule has 5 nitrogen and oxygen atoms in total. The maximum atomic E-state index is 13.1. The highest BCUT2D eigenvalue weighted by Crippen LogP contribution is 2.29. The molecular formula is C23H22N2O3. The Morgan fingerprint density at radius 3 is 2.50 bits per heavy atom. The zero-order chi connectivity index (χ0) is 19.8. The van der Waals surface area contributed by atoms with Crippen molar-refractivity contribution >= 4 is 11.9 Å². The van der Waals surface area contributed by atoms with E-state index in [0.717, 1.165) is 29.1 Å². The Bertz CT molecular complexity index is 1150. The topological polar surface area (TPSA) is 53.2 Å². The van der Waals surface area contributed by atoms with E-state index in [1.165, 1.54) is 0 Å². The predicted molar refractivity (Wildman–Crippen MR) is 109 cm³/mol. The second-order valence-electron chi connectivity index (χ2n) is 7.00. The molecule has 2 aromatic carbocycles. The SMILES string of the molecule is COc1ccc2c(c1)CCC(=Cc1c(C)n(C)n(-c3ccccc3)c1=O)C2=O. The molecule has 0 amide bonds. The third-order valence-electron chi connectivity index (χ3n) is 5.43. The molecule has 1 aliphatic carbocycles. The number of carbonyl (C=O) groups is 1. The number of hydrogen-bond acceptors (Lipinski definition) is 3. The van der Waals surface area contributed by atoms with E-state index >= 15 is 0 Å². The van der Waals surface area contributed by atoms with Crippen molar-refractivity contribution in [2.75, 3.05) is 7.11 Å². The van der Waals surface area contributed by atoms with Crippen LogP contribution in [0.2, 0.25) is 0 Å². The summed E-state index contributed by atoms with van der Waals surface area (Å²) in [6, 6.07) is 15.0. The number of aromatic nitrogens is 2. The molecule has 0 radical (unpaired) electrons. The van der Waals surface area contributed by atoms with Crippen LogP contribution in [0, 0.1) is 6.92 Å². The zero-order valence-corrected chi connectivity index (χ0v) is 16.2. The number of hydrogen-bond donors (Lipinski definition) is 0. The molecule has 4 rings (SSSR count). The largest absolute Gasteiger partial charge is 0.497 e. The normalized spacial score (nSPS) is 15.0. The number of rotatable bonds is 3. The van der Waals surface area contributed by atoms with Gasteiger partial charge in [-0.05, 0) is 61.7 Å². The van der Waals surface area contributed by atoms with E-state index in [9.17, 15) is 9.59 Å². The van der Waals surface area contributed by atoms with E-state index < -0.39 is 0 Å². The smallest absolute Gasteiger partial charge is 0.278 e. The molecule has 0 fully saturated rings. The molecule has 28 heavy (non-hydrogen) atoms. The van der Waals surface area contributed by atoms with Gasteiger partial charge in [-0.2, -0.15) is 0 Å². The van der Waals surface area contributed by atoms with Crippen LogP contribution in [0.15, 0.2) is 58.9 Å². The lowest BCUT2D eigenvalue weighted by Gasteiger charge is -2.18. The van der Waals surface area contributed by atoms with Crippen LogP contribution in [0.3, 0.4) is 0 Å². The summed E-state index contributed by atoms with van der Waals surface area (Å²) in [6.07, 6.45) is 3.13. The Morgan fingerprint density at radius 2 is 1.79 bits per heavy atom. The third-order valence-corrected chi connectivity index (χ3v) is 5.43. The van der Waals surface area contributed by atoms with Gasteiger partial charge >= 0.3 is 0 Å². The molecule has 0 unspecified atom stereocenters. The Hall–Kier alpha value is -3.34. The molecule has 1 aliphatic rings. The molecule has 0 aliphatic heterocycles. The fourth-order valence-corrected chi connectivity index (χ4v) is 3.75. The molecule has 0 spiro atoms. The number of Topliss-reactive ketones (excluding diaryl/α,β-unsaturated/α-hetero) is 1. The van der Waals surface area contributed by atoms with Crippen molar-refractivity contribution in [2.24, 2.45) is 7.05 Å². The summed E-state index contributed by atoms with van der Waals surface area (Å²) >= 11 is 0. The van der Waals surface area contributed by atoms with Gasteiger partial charge in [0.2, 0.25) is 0 Å². The van der Waals surface area contributed by atoms with Crippen LogP contribution in [0.25, 0.3) is 11.8 Å². The summed E-state index contributed by atoms with van der Waals surface area (Å²) in [6.45, 7) is 1.90. The summed E-state index contributed by atoms with van der Waals surface area (Å²) in [5.41, 5.74) is 4.43. The molecule has 0 saturated heterocycles. The molecular weight excluding hydrogens is 352 g/mol. The van der Waals surface area contributed by atoms with E-state index in [2.05, 4.69) is 0 Å². The van der Waals surface area contributed by atoms with Gasteiger partial charge in [0.05, 0.1) is 18.4 Å². The van der Waals surface area contributed by atoms with Gasteiger partial charge in [0, 0.05) is 23.9 Å². The first-order valence-electron chi connectivity index (χ1n) is 9.27. The maximum Gasteiger partial charge on any atom is 0.278 e. The number of fused-ring (bicyclic) bond motifs is 1. The highest BCUT2D eigenvalue weighted by Gasteiger charge is 2.24. The first-order valence-corrected chi connectivity index (χ1v) is 9.27. The van der Waals surface area contributed by atoms with Gasteiger partial charge in [-0.3, -0.25) is 14.3 Å². The molecule has 0 saturated carbocycles. The quantitative estimate of drug-likeness (QED) is 0.657. The number of ether oxygens (including phenoxy) is 1. The van der Waals surface area contributed by atoms with Crippen LogP contribution < -0.4 is 10.3 Å². The first kappa shape index (κ1) is 18.0. The number of carbonyl (C=O) groups excluding carboxylic acids is 1. The number of ketones is 1. The van der Waals surface area contributed by atoms with Gasteiger partial charge in [-0.25, -0.2) is 4.68 Å². The van der Waals surface area contributed by atoms with Gasteiger partial charge in [0.15, 0.2) is 5.78 Å². The first-order chi connectivity index (χ1) is 13.5. The lowest BCUT2D eigenvalue weighted by molar-refractivity contribution is 0.102. The molecule has 0 N–H and O–H groups in total. The van der Waals surface area contributed by atoms with Gasteiger partial charge in [-0.1, -0.05) is 18.2 Å². The van der Waals surface area contributed by atoms with E-state index in [1.54, 1.807) is 23.9 Å². The second-order valence-corrected chi connectivity index (χ2v) is 7.00. The van der Waals surface area contributed by atoms with Gasteiger partial charge in [-0.15, -0.1) is 0 Å². The Morgan fingerprint density at radius 1 is 1.04 bits per heavy atom. The highest BCUT2D eigenvalue weighted by atomic mass is 16.5. The lowest BCUT2D eigenvalue weighted by atomic mass is 9.86. The van der Waals surface area contributed by atoms with Crippen molar-refractivity contribution in [3.63, 3.8) is 0 Å². The van der Waals surface area contributed by atoms with Crippen molar-refractivity contribution in [3.05, 3.63) is 86.8 Å². The molecule has 0 bridgehead atoms. The number of allylic oxidation sites excluding steroid dienone is 1. The molecule has 1 aromatic heterocycles. The highest BCUT2D eigenvalue weighted by molar-refractivity contribution is 6.13. The van der Waals surface area contributed by atoms with Crippen LogP contribution in [0.5, 0.6) is 5.75 Å². The van der Waals surface area contributed by atoms with Gasteiger partial charge < -0.3 is 4.74 Å². The van der Waals surface area contributed by atoms with E-state index in [-0.39, 0.29) is 11.3 Å². The van der Waals surface area contributed by atoms with Crippen molar-refractivity contribution < 1.29 is 9.53 Å². The minimum absolute atomic E-state index is 0.0159. The zero-order valence-electron chi connectivity index (χ0n) is 16.2. The number of aryl methyl sites for hydroxylation is 1.